The predicted octanol–water partition coefficient (Wildman–Crippen LogP) is 4.84. The van der Waals surface area contributed by atoms with E-state index in [1.54, 1.807) is 11.8 Å². The van der Waals surface area contributed by atoms with Crippen molar-refractivity contribution < 1.29 is 0 Å². The summed E-state index contributed by atoms with van der Waals surface area (Å²) in [7, 11) is 0. The maximum atomic E-state index is 6.03. The Kier molecular flexibility index (Phi) is 3.02. The molecular weight excluding hydrogens is 264 g/mol. The third-order valence-corrected chi connectivity index (χ3v) is 3.73. The number of rotatable bonds is 0. The highest BCUT2D eigenvalue weighted by molar-refractivity contribution is 8.13. The molecule has 0 saturated carbocycles. The molecule has 2 nitrogen and oxygen atoms in total. The normalized spacial score (nSPS) is 12.9. The van der Waals surface area contributed by atoms with Crippen molar-refractivity contribution in [2.45, 2.75) is 0 Å². The van der Waals surface area contributed by atoms with Crippen LogP contribution >= 0.6 is 23.4 Å². The molecule has 4 heteroatoms. The highest BCUT2D eigenvalue weighted by Gasteiger charge is 2.15. The molecule has 3 rings (SSSR count). The minimum atomic E-state index is 0.700. The number of aliphatic imine (C=N–C) groups is 1. The average molecular weight is 275 g/mol. The lowest BCUT2D eigenvalue weighted by Crippen LogP contribution is -1.97. The fraction of sp³-hybridized carbons (Fsp3) is 0.0714. The molecule has 18 heavy (non-hydrogen) atoms. The Bertz CT molecular complexity index is 637. The van der Waals surface area contributed by atoms with E-state index in [4.69, 9.17) is 16.6 Å². The van der Waals surface area contributed by atoms with Crippen LogP contribution in [0.3, 0.4) is 0 Å². The summed E-state index contributed by atoms with van der Waals surface area (Å²) < 4.78 is 0. The van der Waals surface area contributed by atoms with E-state index in [-0.39, 0.29) is 0 Å². The summed E-state index contributed by atoms with van der Waals surface area (Å²) >= 11 is 7.67. The molecule has 0 aliphatic carbocycles. The molecule has 0 saturated heterocycles. The predicted molar refractivity (Wildman–Crippen MR) is 80.9 cm³/mol. The molecule has 2 aromatic carbocycles. The van der Waals surface area contributed by atoms with E-state index in [0.29, 0.717) is 5.02 Å². The molecule has 1 N–H and O–H groups in total. The van der Waals surface area contributed by atoms with Crippen LogP contribution in [0.15, 0.2) is 47.5 Å². The Morgan fingerprint density at radius 3 is 2.78 bits per heavy atom. The molecule has 0 bridgehead atoms. The maximum absolute atomic E-state index is 6.03. The molecule has 0 atom stereocenters. The van der Waals surface area contributed by atoms with Gasteiger partial charge in [0, 0.05) is 16.3 Å². The summed E-state index contributed by atoms with van der Waals surface area (Å²) in [6.45, 7) is 0. The van der Waals surface area contributed by atoms with E-state index in [1.165, 1.54) is 0 Å². The number of halogens is 1. The van der Waals surface area contributed by atoms with Crippen molar-refractivity contribution in [1.29, 1.82) is 0 Å². The standard InChI is InChI=1S/C14H11ClN2S/c1-18-14-10-4-2-3-5-11(10)16-12-7-6-9(15)8-13(12)17-14/h2-8,16H,1H3. The Morgan fingerprint density at radius 1 is 1.11 bits per heavy atom. The van der Waals surface area contributed by atoms with Crippen molar-refractivity contribution in [3.05, 3.63) is 53.1 Å². The summed E-state index contributed by atoms with van der Waals surface area (Å²) in [5.74, 6) is 0. The van der Waals surface area contributed by atoms with Gasteiger partial charge >= 0.3 is 0 Å². The smallest absolute Gasteiger partial charge is 0.106 e. The molecule has 1 aliphatic heterocycles. The molecule has 0 fully saturated rings. The highest BCUT2D eigenvalue weighted by Crippen LogP contribution is 2.37. The second kappa shape index (κ2) is 4.67. The van der Waals surface area contributed by atoms with Crippen molar-refractivity contribution in [3.8, 4) is 0 Å². The minimum absolute atomic E-state index is 0.700. The number of benzene rings is 2. The van der Waals surface area contributed by atoms with Gasteiger partial charge in [-0.15, -0.1) is 11.8 Å². The number of thioether (sulfide) groups is 1. The van der Waals surface area contributed by atoms with Crippen LogP contribution in [-0.2, 0) is 0 Å². The molecule has 0 aromatic heterocycles. The van der Waals surface area contributed by atoms with Gasteiger partial charge in [-0.1, -0.05) is 29.8 Å². The second-order valence-electron chi connectivity index (χ2n) is 3.95. The zero-order valence-corrected chi connectivity index (χ0v) is 11.3. The molecule has 2 aromatic rings. The van der Waals surface area contributed by atoms with Crippen LogP contribution in [0.4, 0.5) is 17.1 Å². The van der Waals surface area contributed by atoms with Crippen molar-refractivity contribution in [1.82, 2.24) is 0 Å². The number of nitrogens with one attached hydrogen (secondary N) is 1. The first-order chi connectivity index (χ1) is 8.78. The Balaban J connectivity index is 2.24. The average Bonchev–Trinajstić information content (AvgIpc) is 2.54. The van der Waals surface area contributed by atoms with Gasteiger partial charge in [0.05, 0.1) is 11.4 Å². The molecule has 0 amide bonds. The van der Waals surface area contributed by atoms with Gasteiger partial charge in [0.15, 0.2) is 0 Å². The lowest BCUT2D eigenvalue weighted by atomic mass is 10.2. The number of para-hydroxylation sites is 1. The number of nitrogens with zero attached hydrogens (tertiary/aromatic N) is 1. The molecule has 0 unspecified atom stereocenters. The van der Waals surface area contributed by atoms with Gasteiger partial charge in [-0.3, -0.25) is 0 Å². The van der Waals surface area contributed by atoms with Crippen molar-refractivity contribution >= 4 is 45.5 Å². The van der Waals surface area contributed by atoms with E-state index in [0.717, 1.165) is 27.7 Å². The van der Waals surface area contributed by atoms with Gasteiger partial charge < -0.3 is 5.32 Å². The fourth-order valence-electron chi connectivity index (χ4n) is 1.95. The van der Waals surface area contributed by atoms with E-state index in [9.17, 15) is 0 Å². The first-order valence-electron chi connectivity index (χ1n) is 5.56. The molecule has 1 aliphatic rings. The highest BCUT2D eigenvalue weighted by atomic mass is 35.5. The quantitative estimate of drug-likeness (QED) is 0.743. The van der Waals surface area contributed by atoms with Gasteiger partial charge in [0.2, 0.25) is 0 Å². The van der Waals surface area contributed by atoms with Crippen molar-refractivity contribution in [3.63, 3.8) is 0 Å². The van der Waals surface area contributed by atoms with E-state index in [1.807, 2.05) is 36.6 Å². The molecule has 90 valence electrons. The summed E-state index contributed by atoms with van der Waals surface area (Å²) in [6.07, 6.45) is 2.03. The van der Waals surface area contributed by atoms with Crippen molar-refractivity contribution in [2.24, 2.45) is 4.99 Å². The fourth-order valence-corrected chi connectivity index (χ4v) is 2.71. The summed E-state index contributed by atoms with van der Waals surface area (Å²) in [4.78, 5) is 4.69. The topological polar surface area (TPSA) is 24.4 Å². The van der Waals surface area contributed by atoms with Crippen LogP contribution in [0.5, 0.6) is 0 Å². The molecule has 0 radical (unpaired) electrons. The lowest BCUT2D eigenvalue weighted by molar-refractivity contribution is 1.51. The summed E-state index contributed by atoms with van der Waals surface area (Å²) in [6, 6.07) is 13.9. The zero-order valence-electron chi connectivity index (χ0n) is 9.77. The van der Waals surface area contributed by atoms with Crippen LogP contribution in [0.1, 0.15) is 5.56 Å². The van der Waals surface area contributed by atoms with Crippen LogP contribution in [0.2, 0.25) is 5.02 Å². The Morgan fingerprint density at radius 2 is 1.94 bits per heavy atom. The van der Waals surface area contributed by atoms with Gasteiger partial charge in [0.1, 0.15) is 5.04 Å². The van der Waals surface area contributed by atoms with Gasteiger partial charge in [-0.05, 0) is 30.5 Å². The number of fused-ring (bicyclic) bond motifs is 2. The summed E-state index contributed by atoms with van der Waals surface area (Å²) in [5, 5.41) is 5.11. The van der Waals surface area contributed by atoms with E-state index < -0.39 is 0 Å². The zero-order chi connectivity index (χ0) is 12.5. The van der Waals surface area contributed by atoms with E-state index in [2.05, 4.69) is 17.4 Å². The van der Waals surface area contributed by atoms with Crippen LogP contribution in [-0.4, -0.2) is 11.3 Å². The minimum Gasteiger partial charge on any atom is -0.353 e. The molecular formula is C14H11ClN2S. The number of hydrogen-bond acceptors (Lipinski definition) is 3. The van der Waals surface area contributed by atoms with Crippen LogP contribution in [0, 0.1) is 0 Å². The lowest BCUT2D eigenvalue weighted by Gasteiger charge is -2.09. The van der Waals surface area contributed by atoms with Gasteiger partial charge in [-0.2, -0.15) is 0 Å². The van der Waals surface area contributed by atoms with Crippen molar-refractivity contribution in [2.75, 3.05) is 11.6 Å². The molecule has 0 spiro atoms. The third-order valence-electron chi connectivity index (χ3n) is 2.80. The largest absolute Gasteiger partial charge is 0.353 e. The Labute approximate surface area is 115 Å². The van der Waals surface area contributed by atoms with Crippen LogP contribution in [0.25, 0.3) is 0 Å². The van der Waals surface area contributed by atoms with Gasteiger partial charge in [-0.25, -0.2) is 4.99 Å². The second-order valence-corrected chi connectivity index (χ2v) is 5.18. The first kappa shape index (κ1) is 11.6. The Hall–Kier alpha value is -1.45. The monoisotopic (exact) mass is 274 g/mol. The molecule has 1 heterocycles. The van der Waals surface area contributed by atoms with Gasteiger partial charge in [0.25, 0.3) is 0 Å². The number of anilines is 2. The first-order valence-corrected chi connectivity index (χ1v) is 7.17. The number of hydrogen-bond donors (Lipinski definition) is 1. The maximum Gasteiger partial charge on any atom is 0.106 e. The SMILES string of the molecule is CSC1=Nc2cc(Cl)ccc2Nc2ccccc21. The third kappa shape index (κ3) is 2.00. The summed E-state index contributed by atoms with van der Waals surface area (Å²) in [5.41, 5.74) is 4.06. The van der Waals surface area contributed by atoms with Crippen LogP contribution < -0.4 is 5.32 Å². The van der Waals surface area contributed by atoms with E-state index >= 15 is 0 Å².